The van der Waals surface area contributed by atoms with Crippen molar-refractivity contribution in [1.82, 2.24) is 5.32 Å². The van der Waals surface area contributed by atoms with Gasteiger partial charge in [0.1, 0.15) is 18.1 Å². The molecule has 4 nitrogen and oxygen atoms in total. The lowest BCUT2D eigenvalue weighted by molar-refractivity contribution is 0.0931. The van der Waals surface area contributed by atoms with Crippen LogP contribution in [0.15, 0.2) is 66.7 Å². The molecule has 0 aliphatic heterocycles. The third-order valence-electron chi connectivity index (χ3n) is 5.32. The van der Waals surface area contributed by atoms with Crippen LogP contribution in [0, 0.1) is 19.8 Å². The van der Waals surface area contributed by atoms with Crippen molar-refractivity contribution in [1.29, 1.82) is 0 Å². The Kier molecular flexibility index (Phi) is 7.93. The van der Waals surface area contributed by atoms with Gasteiger partial charge in [-0.3, -0.25) is 4.79 Å². The van der Waals surface area contributed by atoms with E-state index in [0.717, 1.165) is 23.3 Å². The maximum atomic E-state index is 13.1. The van der Waals surface area contributed by atoms with E-state index < -0.39 is 0 Å². The first-order valence-corrected chi connectivity index (χ1v) is 11.1. The molecule has 1 amide bonds. The van der Waals surface area contributed by atoms with Crippen molar-refractivity contribution in [2.45, 2.75) is 46.8 Å². The Morgan fingerprint density at radius 3 is 2.22 bits per heavy atom. The fourth-order valence-corrected chi connectivity index (χ4v) is 3.82. The molecule has 0 fully saturated rings. The summed E-state index contributed by atoms with van der Waals surface area (Å²) in [5.74, 6) is 1.84. The third-order valence-corrected chi connectivity index (χ3v) is 5.32. The summed E-state index contributed by atoms with van der Waals surface area (Å²) in [7, 11) is 1.65. The van der Waals surface area contributed by atoms with E-state index in [1.807, 2.05) is 42.5 Å². The van der Waals surface area contributed by atoms with Crippen LogP contribution in [0.5, 0.6) is 11.5 Å². The highest BCUT2D eigenvalue weighted by molar-refractivity contribution is 5.94. The van der Waals surface area contributed by atoms with Crippen molar-refractivity contribution >= 4 is 5.91 Å². The molecule has 3 aromatic carbocycles. The van der Waals surface area contributed by atoms with Gasteiger partial charge in [-0.25, -0.2) is 0 Å². The molecule has 0 aliphatic rings. The second-order valence-corrected chi connectivity index (χ2v) is 8.74. The van der Waals surface area contributed by atoms with Crippen LogP contribution in [0.25, 0.3) is 0 Å². The van der Waals surface area contributed by atoms with Gasteiger partial charge in [-0.1, -0.05) is 61.4 Å². The molecule has 4 heteroatoms. The van der Waals surface area contributed by atoms with E-state index in [-0.39, 0.29) is 11.9 Å². The number of hydrogen-bond acceptors (Lipinski definition) is 3. The van der Waals surface area contributed by atoms with Crippen molar-refractivity contribution in [2.24, 2.45) is 5.92 Å². The molecule has 0 heterocycles. The van der Waals surface area contributed by atoms with Gasteiger partial charge in [0.25, 0.3) is 5.91 Å². The molecule has 0 bridgehead atoms. The zero-order valence-corrected chi connectivity index (χ0v) is 19.6. The molecule has 0 saturated carbocycles. The van der Waals surface area contributed by atoms with Crippen LogP contribution in [0.2, 0.25) is 0 Å². The largest absolute Gasteiger partial charge is 0.497 e. The summed E-state index contributed by atoms with van der Waals surface area (Å²) in [6.45, 7) is 8.96. The fourth-order valence-electron chi connectivity index (χ4n) is 3.82. The van der Waals surface area contributed by atoms with Crippen LogP contribution in [-0.4, -0.2) is 13.0 Å². The van der Waals surface area contributed by atoms with Gasteiger partial charge in [0.05, 0.1) is 13.2 Å². The van der Waals surface area contributed by atoms with Gasteiger partial charge >= 0.3 is 0 Å². The van der Waals surface area contributed by atoms with Crippen LogP contribution < -0.4 is 14.8 Å². The molecule has 0 aliphatic carbocycles. The number of carbonyl (C=O) groups excluding carboxylic acids is 1. The Morgan fingerprint density at radius 2 is 1.59 bits per heavy atom. The Morgan fingerprint density at radius 1 is 0.906 bits per heavy atom. The molecule has 0 radical (unpaired) electrons. The summed E-state index contributed by atoms with van der Waals surface area (Å²) in [6, 6.07) is 21.5. The molecule has 3 rings (SSSR count). The van der Waals surface area contributed by atoms with Crippen LogP contribution in [0.1, 0.15) is 58.9 Å². The number of amides is 1. The topological polar surface area (TPSA) is 47.6 Å². The Balaban J connectivity index is 1.71. The van der Waals surface area contributed by atoms with E-state index >= 15 is 0 Å². The minimum Gasteiger partial charge on any atom is -0.497 e. The third kappa shape index (κ3) is 6.61. The van der Waals surface area contributed by atoms with E-state index in [2.05, 4.69) is 51.2 Å². The van der Waals surface area contributed by atoms with Crippen LogP contribution in [0.4, 0.5) is 0 Å². The van der Waals surface area contributed by atoms with E-state index in [1.165, 1.54) is 11.1 Å². The second-order valence-electron chi connectivity index (χ2n) is 8.74. The molecule has 1 N–H and O–H groups in total. The Hall–Kier alpha value is -3.27. The molecule has 3 aromatic rings. The van der Waals surface area contributed by atoms with Gasteiger partial charge in [0, 0.05) is 5.56 Å². The average Bonchev–Trinajstić information content (AvgIpc) is 2.77. The monoisotopic (exact) mass is 431 g/mol. The Labute approximate surface area is 191 Å². The van der Waals surface area contributed by atoms with Crippen molar-refractivity contribution in [3.8, 4) is 11.5 Å². The number of aryl methyl sites for hydroxylation is 2. The molecular weight excluding hydrogens is 398 g/mol. The lowest BCUT2D eigenvalue weighted by Crippen LogP contribution is -2.29. The molecular formula is C28H33NO3. The Bertz CT molecular complexity index is 1020. The fraction of sp³-hybridized carbons (Fsp3) is 0.321. The highest BCUT2D eigenvalue weighted by Gasteiger charge is 2.18. The summed E-state index contributed by atoms with van der Waals surface area (Å²) < 4.78 is 11.1. The first-order chi connectivity index (χ1) is 15.3. The summed E-state index contributed by atoms with van der Waals surface area (Å²) in [6.07, 6.45) is 0.877. The zero-order valence-electron chi connectivity index (χ0n) is 19.6. The summed E-state index contributed by atoms with van der Waals surface area (Å²) in [5.41, 5.74) is 5.19. The van der Waals surface area contributed by atoms with Gasteiger partial charge < -0.3 is 14.8 Å². The maximum Gasteiger partial charge on any atom is 0.251 e. The molecule has 0 aromatic heterocycles. The molecule has 1 unspecified atom stereocenters. The van der Waals surface area contributed by atoms with Crippen molar-refractivity contribution < 1.29 is 14.3 Å². The van der Waals surface area contributed by atoms with Crippen LogP contribution >= 0.6 is 0 Å². The minimum absolute atomic E-state index is 0.0371. The van der Waals surface area contributed by atoms with Crippen LogP contribution in [-0.2, 0) is 6.61 Å². The van der Waals surface area contributed by atoms with E-state index in [9.17, 15) is 4.79 Å². The van der Waals surface area contributed by atoms with Crippen LogP contribution in [0.3, 0.4) is 0 Å². The lowest BCUT2D eigenvalue weighted by atomic mass is 9.94. The molecule has 1 atom stereocenters. The normalized spacial score (nSPS) is 11.8. The second kappa shape index (κ2) is 10.9. The van der Waals surface area contributed by atoms with E-state index in [1.54, 1.807) is 13.2 Å². The standard InChI is InChI=1S/C28H33NO3/c1-19(2)13-27(24-15-20(3)14-21(4)16-24)29-28(30)23-7-6-8-26(17-23)32-18-22-9-11-25(31-5)12-10-22/h6-12,14-17,19,27H,13,18H2,1-5H3,(H,29,30). The molecule has 0 spiro atoms. The SMILES string of the molecule is COc1ccc(COc2cccc(C(=O)NC(CC(C)C)c3cc(C)cc(C)c3)c2)cc1. The first-order valence-electron chi connectivity index (χ1n) is 11.1. The number of hydrogen-bond donors (Lipinski definition) is 1. The van der Waals surface area contributed by atoms with Gasteiger partial charge in [0.2, 0.25) is 0 Å². The summed E-state index contributed by atoms with van der Waals surface area (Å²) in [5, 5.41) is 3.24. The number of benzene rings is 3. The molecule has 32 heavy (non-hydrogen) atoms. The number of carbonyl (C=O) groups is 1. The van der Waals surface area contributed by atoms with Gasteiger partial charge in [-0.2, -0.15) is 0 Å². The summed E-state index contributed by atoms with van der Waals surface area (Å²) >= 11 is 0. The lowest BCUT2D eigenvalue weighted by Gasteiger charge is -2.22. The van der Waals surface area contributed by atoms with Crippen molar-refractivity contribution in [3.63, 3.8) is 0 Å². The quantitative estimate of drug-likeness (QED) is 0.426. The number of methoxy groups -OCH3 is 1. The predicted octanol–water partition coefficient (Wildman–Crippen LogP) is 6.41. The van der Waals surface area contributed by atoms with E-state index in [4.69, 9.17) is 9.47 Å². The zero-order chi connectivity index (χ0) is 23.1. The number of nitrogens with one attached hydrogen (secondary N) is 1. The van der Waals surface area contributed by atoms with Gasteiger partial charge in [-0.05, 0) is 67.6 Å². The summed E-state index contributed by atoms with van der Waals surface area (Å²) in [4.78, 5) is 13.1. The predicted molar refractivity (Wildman–Crippen MR) is 129 cm³/mol. The van der Waals surface area contributed by atoms with E-state index in [0.29, 0.717) is 23.8 Å². The molecule has 0 saturated heterocycles. The minimum atomic E-state index is -0.0929. The highest BCUT2D eigenvalue weighted by Crippen LogP contribution is 2.25. The first kappa shape index (κ1) is 23.4. The maximum absolute atomic E-state index is 13.1. The highest BCUT2D eigenvalue weighted by atomic mass is 16.5. The number of ether oxygens (including phenoxy) is 2. The average molecular weight is 432 g/mol. The van der Waals surface area contributed by atoms with Gasteiger partial charge in [0.15, 0.2) is 0 Å². The van der Waals surface area contributed by atoms with Crippen molar-refractivity contribution in [3.05, 3.63) is 94.5 Å². The van der Waals surface area contributed by atoms with Gasteiger partial charge in [-0.15, -0.1) is 0 Å². The number of rotatable bonds is 9. The van der Waals surface area contributed by atoms with Crippen molar-refractivity contribution in [2.75, 3.05) is 7.11 Å². The smallest absolute Gasteiger partial charge is 0.251 e. The molecule has 168 valence electrons.